The Labute approximate surface area is 67.8 Å². The van der Waals surface area contributed by atoms with Gasteiger partial charge in [0.1, 0.15) is 17.7 Å². The van der Waals surface area contributed by atoms with E-state index in [1.165, 1.54) is 6.26 Å². The number of nitrogens with zero attached hydrogens (tertiary/aromatic N) is 1. The summed E-state index contributed by atoms with van der Waals surface area (Å²) in [5, 5.41) is 1.19. The van der Waals surface area contributed by atoms with Gasteiger partial charge in [-0.15, -0.1) is 0 Å². The van der Waals surface area contributed by atoms with Gasteiger partial charge in [-0.05, 0) is 6.07 Å². The lowest BCUT2D eigenvalue weighted by molar-refractivity contribution is 0.616. The Kier molecular flexibility index (Phi) is 1.26. The fourth-order valence-corrected chi connectivity index (χ4v) is 1.21. The number of anilines is 1. The van der Waals surface area contributed by atoms with Crippen molar-refractivity contribution in [2.24, 2.45) is 0 Å². The van der Waals surface area contributed by atoms with Crippen molar-refractivity contribution >= 4 is 28.4 Å². The lowest BCUT2D eigenvalue weighted by Crippen LogP contribution is -1.88. The van der Waals surface area contributed by atoms with Crippen LogP contribution in [0.3, 0.4) is 0 Å². The highest BCUT2D eigenvalue weighted by atomic mass is 35.5. The van der Waals surface area contributed by atoms with Crippen LogP contribution in [0.1, 0.15) is 0 Å². The van der Waals surface area contributed by atoms with Crippen LogP contribution < -0.4 is 5.73 Å². The van der Waals surface area contributed by atoms with Crippen LogP contribution in [0.5, 0.6) is 0 Å². The smallest absolute Gasteiger partial charge is 0.140 e. The van der Waals surface area contributed by atoms with Crippen LogP contribution in [0, 0.1) is 0 Å². The largest absolute Gasteiger partial charge is 0.463 e. The first-order chi connectivity index (χ1) is 5.29. The van der Waals surface area contributed by atoms with Gasteiger partial charge in [0.05, 0.1) is 10.4 Å². The Balaban J connectivity index is 2.96. The van der Waals surface area contributed by atoms with Crippen LogP contribution in [0.4, 0.5) is 5.82 Å². The molecule has 0 atom stereocenters. The van der Waals surface area contributed by atoms with E-state index in [0.717, 1.165) is 0 Å². The highest BCUT2D eigenvalue weighted by molar-refractivity contribution is 6.36. The molecule has 11 heavy (non-hydrogen) atoms. The van der Waals surface area contributed by atoms with Gasteiger partial charge in [0.15, 0.2) is 0 Å². The van der Waals surface area contributed by atoms with E-state index < -0.39 is 0 Å². The van der Waals surface area contributed by atoms with Crippen LogP contribution in [0.2, 0.25) is 5.02 Å². The number of rotatable bonds is 0. The van der Waals surface area contributed by atoms with Gasteiger partial charge in [0, 0.05) is 6.20 Å². The van der Waals surface area contributed by atoms with Crippen molar-refractivity contribution in [2.75, 3.05) is 5.73 Å². The Morgan fingerprint density at radius 2 is 2.36 bits per heavy atom. The fraction of sp³-hybridized carbons (Fsp3) is 0. The molecule has 0 fully saturated rings. The molecule has 0 bridgehead atoms. The molecule has 2 rings (SSSR count). The van der Waals surface area contributed by atoms with Crippen LogP contribution >= 0.6 is 11.6 Å². The van der Waals surface area contributed by atoms with Gasteiger partial charge in [-0.25, -0.2) is 4.98 Å². The minimum absolute atomic E-state index is 0.404. The normalized spacial score (nSPS) is 10.6. The number of nitrogen functional groups attached to an aromatic ring is 1. The summed E-state index contributed by atoms with van der Waals surface area (Å²) >= 11 is 5.76. The molecule has 2 aromatic rings. The first-order valence-corrected chi connectivity index (χ1v) is 3.44. The molecule has 0 saturated carbocycles. The maximum atomic E-state index is 5.76. The zero-order chi connectivity index (χ0) is 7.84. The van der Waals surface area contributed by atoms with Crippen LogP contribution in [-0.4, -0.2) is 4.98 Å². The van der Waals surface area contributed by atoms with Gasteiger partial charge >= 0.3 is 0 Å². The summed E-state index contributed by atoms with van der Waals surface area (Å²) in [5.41, 5.74) is 6.21. The van der Waals surface area contributed by atoms with E-state index in [1.54, 1.807) is 12.3 Å². The van der Waals surface area contributed by atoms with Gasteiger partial charge in [0.2, 0.25) is 0 Å². The number of aromatic nitrogens is 1. The molecule has 0 spiro atoms. The van der Waals surface area contributed by atoms with Gasteiger partial charge in [0.25, 0.3) is 0 Å². The second-order valence-electron chi connectivity index (χ2n) is 2.15. The fourth-order valence-electron chi connectivity index (χ4n) is 0.972. The lowest BCUT2D eigenvalue weighted by atomic mass is 10.3. The zero-order valence-electron chi connectivity index (χ0n) is 5.54. The number of halogens is 1. The number of furan rings is 1. The quantitative estimate of drug-likeness (QED) is 0.655. The van der Waals surface area contributed by atoms with E-state index in [0.29, 0.717) is 21.8 Å². The van der Waals surface area contributed by atoms with Crippen molar-refractivity contribution in [3.63, 3.8) is 0 Å². The standard InChI is InChI=1S/C7H5ClN2O/c8-4-3-11-5-1-2-10-7(9)6(4)5/h1-3H,(H2,9,10). The Hall–Kier alpha value is -1.22. The van der Waals surface area contributed by atoms with Crippen LogP contribution in [0.15, 0.2) is 22.9 Å². The third-order valence-electron chi connectivity index (χ3n) is 1.47. The van der Waals surface area contributed by atoms with E-state index in [9.17, 15) is 0 Å². The predicted molar refractivity (Wildman–Crippen MR) is 43.4 cm³/mol. The van der Waals surface area contributed by atoms with E-state index >= 15 is 0 Å². The average molecular weight is 169 g/mol. The van der Waals surface area contributed by atoms with Gasteiger partial charge in [-0.1, -0.05) is 11.6 Å². The van der Waals surface area contributed by atoms with Crippen LogP contribution in [0.25, 0.3) is 11.0 Å². The zero-order valence-corrected chi connectivity index (χ0v) is 6.30. The second-order valence-corrected chi connectivity index (χ2v) is 2.56. The molecule has 0 aliphatic carbocycles. The lowest BCUT2D eigenvalue weighted by Gasteiger charge is -1.91. The van der Waals surface area contributed by atoms with Crippen molar-refractivity contribution in [3.05, 3.63) is 23.5 Å². The monoisotopic (exact) mass is 168 g/mol. The molecule has 3 nitrogen and oxygen atoms in total. The molecule has 56 valence electrons. The van der Waals surface area contributed by atoms with Gasteiger partial charge in [-0.3, -0.25) is 0 Å². The van der Waals surface area contributed by atoms with Crippen molar-refractivity contribution in [1.82, 2.24) is 4.98 Å². The van der Waals surface area contributed by atoms with Crippen molar-refractivity contribution in [3.8, 4) is 0 Å². The average Bonchev–Trinajstić information content (AvgIpc) is 2.34. The number of hydrogen-bond acceptors (Lipinski definition) is 3. The summed E-state index contributed by atoms with van der Waals surface area (Å²) in [6.07, 6.45) is 3.03. The maximum Gasteiger partial charge on any atom is 0.140 e. The Morgan fingerprint density at radius 3 is 3.09 bits per heavy atom. The number of hydrogen-bond donors (Lipinski definition) is 1. The molecular weight excluding hydrogens is 164 g/mol. The van der Waals surface area contributed by atoms with E-state index in [-0.39, 0.29) is 0 Å². The summed E-state index contributed by atoms with van der Waals surface area (Å²) in [6.45, 7) is 0. The summed E-state index contributed by atoms with van der Waals surface area (Å²) < 4.78 is 5.08. The minimum Gasteiger partial charge on any atom is -0.463 e. The number of pyridine rings is 1. The third kappa shape index (κ3) is 0.851. The SMILES string of the molecule is Nc1nccc2occ(Cl)c12. The van der Waals surface area contributed by atoms with Crippen LogP contribution in [-0.2, 0) is 0 Å². The number of nitrogens with two attached hydrogens (primary N) is 1. The summed E-state index contributed by atoms with van der Waals surface area (Å²) in [5.74, 6) is 0.404. The topological polar surface area (TPSA) is 52.0 Å². The molecule has 2 N–H and O–H groups in total. The molecular formula is C7H5ClN2O. The molecule has 0 saturated heterocycles. The minimum atomic E-state index is 0.404. The summed E-state index contributed by atoms with van der Waals surface area (Å²) in [7, 11) is 0. The van der Waals surface area contributed by atoms with E-state index in [1.807, 2.05) is 0 Å². The molecule has 4 heteroatoms. The summed E-state index contributed by atoms with van der Waals surface area (Å²) in [4.78, 5) is 3.87. The van der Waals surface area contributed by atoms with E-state index in [2.05, 4.69) is 4.98 Å². The highest BCUT2D eigenvalue weighted by Crippen LogP contribution is 2.28. The van der Waals surface area contributed by atoms with Crippen molar-refractivity contribution < 1.29 is 4.42 Å². The number of fused-ring (bicyclic) bond motifs is 1. The highest BCUT2D eigenvalue weighted by Gasteiger charge is 2.06. The molecule has 0 aliphatic rings. The molecule has 0 amide bonds. The first-order valence-electron chi connectivity index (χ1n) is 3.06. The molecule has 0 unspecified atom stereocenters. The molecule has 0 aromatic carbocycles. The molecule has 2 heterocycles. The summed E-state index contributed by atoms with van der Waals surface area (Å²) in [6, 6.07) is 1.72. The molecule has 0 aliphatic heterocycles. The van der Waals surface area contributed by atoms with Gasteiger partial charge in [-0.2, -0.15) is 0 Å². The third-order valence-corrected chi connectivity index (χ3v) is 1.75. The first kappa shape index (κ1) is 6.49. The van der Waals surface area contributed by atoms with Crippen molar-refractivity contribution in [1.29, 1.82) is 0 Å². The molecule has 0 radical (unpaired) electrons. The Bertz CT molecular complexity index is 396. The van der Waals surface area contributed by atoms with Crippen molar-refractivity contribution in [2.45, 2.75) is 0 Å². The van der Waals surface area contributed by atoms with Gasteiger partial charge < -0.3 is 10.2 Å². The second kappa shape index (κ2) is 2.13. The van der Waals surface area contributed by atoms with E-state index in [4.69, 9.17) is 21.8 Å². The Morgan fingerprint density at radius 1 is 1.55 bits per heavy atom. The predicted octanol–water partition coefficient (Wildman–Crippen LogP) is 2.06. The maximum absolute atomic E-state index is 5.76. The molecule has 2 aromatic heterocycles.